The molecule has 0 radical (unpaired) electrons. The number of hydrogen-bond acceptors (Lipinski definition) is 4. The maximum absolute atomic E-state index is 10.3. The molecule has 4 heteroatoms. The Kier molecular flexibility index (Phi) is 6.92. The van der Waals surface area contributed by atoms with E-state index in [1.807, 2.05) is 0 Å². The molecule has 16 heavy (non-hydrogen) atoms. The van der Waals surface area contributed by atoms with Crippen LogP contribution in [0.2, 0.25) is 0 Å². The molecule has 0 heterocycles. The van der Waals surface area contributed by atoms with Gasteiger partial charge in [-0.2, -0.15) is 0 Å². The summed E-state index contributed by atoms with van der Waals surface area (Å²) in [6.45, 7) is 6.72. The molecule has 0 aliphatic heterocycles. The predicted octanol–water partition coefficient (Wildman–Crippen LogP) is -0.0608. The summed E-state index contributed by atoms with van der Waals surface area (Å²) in [4.78, 5) is 20.6. The second-order valence-electron chi connectivity index (χ2n) is 3.70. The smallest absolute Gasteiger partial charge is 0.0668 e. The standard InChI is InChI=1S/C12H18O4/c1-9(11(13)14)7-5-3-4-6-8-10(2)12(15)16/h1-8H2,(H,13,14)(H,15,16)/p-2. The minimum absolute atomic E-state index is 0.110. The molecule has 0 amide bonds. The largest absolute Gasteiger partial charge is 0.545 e. The fraction of sp³-hybridized carbons (Fsp3) is 0.500. The zero-order valence-electron chi connectivity index (χ0n) is 9.29. The third-order valence-electron chi connectivity index (χ3n) is 2.28. The van der Waals surface area contributed by atoms with Gasteiger partial charge in [0.2, 0.25) is 0 Å². The molecule has 0 aromatic carbocycles. The molecule has 0 saturated heterocycles. The minimum Gasteiger partial charge on any atom is -0.545 e. The molecule has 90 valence electrons. The highest BCUT2D eigenvalue weighted by molar-refractivity contribution is 5.84. The normalized spacial score (nSPS) is 9.75. The van der Waals surface area contributed by atoms with Crippen molar-refractivity contribution >= 4 is 11.9 Å². The van der Waals surface area contributed by atoms with Crippen molar-refractivity contribution in [2.75, 3.05) is 0 Å². The first-order valence-corrected chi connectivity index (χ1v) is 5.23. The summed E-state index contributed by atoms with van der Waals surface area (Å²) < 4.78 is 0. The van der Waals surface area contributed by atoms with E-state index in [1.165, 1.54) is 0 Å². The molecule has 0 N–H and O–H groups in total. The molecular formula is C12H16O4-2. The molecule has 0 atom stereocenters. The molecule has 0 saturated carbocycles. The van der Waals surface area contributed by atoms with Crippen molar-refractivity contribution in [1.82, 2.24) is 0 Å². The van der Waals surface area contributed by atoms with Gasteiger partial charge in [0, 0.05) is 0 Å². The van der Waals surface area contributed by atoms with Crippen LogP contribution in [0.5, 0.6) is 0 Å². The van der Waals surface area contributed by atoms with Crippen molar-refractivity contribution in [3.05, 3.63) is 24.3 Å². The lowest BCUT2D eigenvalue weighted by atomic mass is 10.0. The van der Waals surface area contributed by atoms with Gasteiger partial charge in [-0.15, -0.1) is 0 Å². The van der Waals surface area contributed by atoms with E-state index in [4.69, 9.17) is 0 Å². The van der Waals surface area contributed by atoms with Crippen LogP contribution in [0.3, 0.4) is 0 Å². The van der Waals surface area contributed by atoms with Crippen LogP contribution in [0.4, 0.5) is 0 Å². The summed E-state index contributed by atoms with van der Waals surface area (Å²) >= 11 is 0. The first-order chi connectivity index (χ1) is 7.45. The Morgan fingerprint density at radius 1 is 0.750 bits per heavy atom. The van der Waals surface area contributed by atoms with E-state index in [0.717, 1.165) is 25.7 Å². The lowest BCUT2D eigenvalue weighted by Gasteiger charge is -2.07. The fourth-order valence-corrected chi connectivity index (χ4v) is 1.23. The van der Waals surface area contributed by atoms with E-state index in [-0.39, 0.29) is 11.1 Å². The van der Waals surface area contributed by atoms with Gasteiger partial charge < -0.3 is 19.8 Å². The van der Waals surface area contributed by atoms with Gasteiger partial charge in [0.25, 0.3) is 0 Å². The second-order valence-corrected chi connectivity index (χ2v) is 3.70. The highest BCUT2D eigenvalue weighted by Gasteiger charge is 1.97. The number of carbonyl (C=O) groups is 2. The second kappa shape index (κ2) is 7.68. The van der Waals surface area contributed by atoms with Gasteiger partial charge in [-0.25, -0.2) is 0 Å². The third kappa shape index (κ3) is 6.81. The highest BCUT2D eigenvalue weighted by Crippen LogP contribution is 2.11. The van der Waals surface area contributed by atoms with Crippen LogP contribution >= 0.6 is 0 Å². The van der Waals surface area contributed by atoms with Crippen LogP contribution in [-0.2, 0) is 9.59 Å². The topological polar surface area (TPSA) is 80.3 Å². The average molecular weight is 224 g/mol. The first kappa shape index (κ1) is 14.4. The summed E-state index contributed by atoms with van der Waals surface area (Å²) in [5.74, 6) is -2.41. The zero-order chi connectivity index (χ0) is 12.6. The number of hydrogen-bond donors (Lipinski definition) is 0. The van der Waals surface area contributed by atoms with Crippen LogP contribution in [-0.4, -0.2) is 11.9 Å². The van der Waals surface area contributed by atoms with Gasteiger partial charge in [-0.3, -0.25) is 0 Å². The number of carbonyl (C=O) groups excluding carboxylic acids is 2. The van der Waals surface area contributed by atoms with Gasteiger partial charge in [-0.1, -0.05) is 26.0 Å². The Bertz CT molecular complexity index is 261. The van der Waals surface area contributed by atoms with Crippen molar-refractivity contribution in [1.29, 1.82) is 0 Å². The predicted molar refractivity (Wildman–Crippen MR) is 56.0 cm³/mol. The van der Waals surface area contributed by atoms with Crippen LogP contribution < -0.4 is 10.2 Å². The number of unbranched alkanes of at least 4 members (excludes halogenated alkanes) is 3. The zero-order valence-corrected chi connectivity index (χ0v) is 9.29. The molecule has 0 bridgehead atoms. The highest BCUT2D eigenvalue weighted by atomic mass is 16.4. The Morgan fingerprint density at radius 2 is 1.06 bits per heavy atom. The third-order valence-corrected chi connectivity index (χ3v) is 2.28. The van der Waals surface area contributed by atoms with E-state index in [0.29, 0.717) is 12.8 Å². The van der Waals surface area contributed by atoms with Crippen LogP contribution in [0.15, 0.2) is 24.3 Å². The van der Waals surface area contributed by atoms with Crippen molar-refractivity contribution in [3.63, 3.8) is 0 Å². The molecular weight excluding hydrogens is 208 g/mol. The summed E-state index contributed by atoms with van der Waals surface area (Å²) in [6.07, 6.45) is 3.97. The number of aliphatic carboxylic acids is 2. The van der Waals surface area contributed by atoms with E-state index in [9.17, 15) is 19.8 Å². The summed E-state index contributed by atoms with van der Waals surface area (Å²) in [7, 11) is 0. The minimum atomic E-state index is -1.20. The van der Waals surface area contributed by atoms with Crippen LogP contribution in [0.25, 0.3) is 0 Å². The number of rotatable bonds is 9. The Balaban J connectivity index is 3.41. The molecule has 0 aliphatic rings. The van der Waals surface area contributed by atoms with Crippen LogP contribution in [0, 0.1) is 0 Å². The molecule has 0 aliphatic carbocycles. The van der Waals surface area contributed by atoms with Gasteiger partial charge >= 0.3 is 0 Å². The SMILES string of the molecule is C=C(CCCCCCC(=C)C(=O)[O-])C(=O)[O-]. The molecule has 0 fully saturated rings. The van der Waals surface area contributed by atoms with Gasteiger partial charge in [-0.05, 0) is 36.8 Å². The average Bonchev–Trinajstić information content (AvgIpc) is 2.21. The molecule has 0 spiro atoms. The lowest BCUT2D eigenvalue weighted by Crippen LogP contribution is -2.23. The Morgan fingerprint density at radius 3 is 1.31 bits per heavy atom. The molecule has 0 aromatic rings. The molecule has 0 unspecified atom stereocenters. The van der Waals surface area contributed by atoms with Gasteiger partial charge in [0.15, 0.2) is 0 Å². The number of carboxylic acid groups (broad SMARTS) is 2. The lowest BCUT2D eigenvalue weighted by molar-refractivity contribution is -0.300. The van der Waals surface area contributed by atoms with Crippen molar-refractivity contribution in [3.8, 4) is 0 Å². The maximum atomic E-state index is 10.3. The van der Waals surface area contributed by atoms with E-state index >= 15 is 0 Å². The summed E-state index contributed by atoms with van der Waals surface area (Å²) in [5.41, 5.74) is 0.221. The maximum Gasteiger partial charge on any atom is 0.0668 e. The molecule has 4 nitrogen and oxygen atoms in total. The Labute approximate surface area is 95.3 Å². The van der Waals surface area contributed by atoms with Crippen LogP contribution in [0.1, 0.15) is 38.5 Å². The van der Waals surface area contributed by atoms with Crippen molar-refractivity contribution in [2.45, 2.75) is 38.5 Å². The molecule has 0 aromatic heterocycles. The monoisotopic (exact) mass is 224 g/mol. The summed E-state index contributed by atoms with van der Waals surface area (Å²) in [5, 5.41) is 20.6. The van der Waals surface area contributed by atoms with E-state index < -0.39 is 11.9 Å². The van der Waals surface area contributed by atoms with Gasteiger partial charge in [0.05, 0.1) is 11.9 Å². The first-order valence-electron chi connectivity index (χ1n) is 5.23. The fourth-order valence-electron chi connectivity index (χ4n) is 1.23. The van der Waals surface area contributed by atoms with Gasteiger partial charge in [0.1, 0.15) is 0 Å². The summed E-state index contributed by atoms with van der Waals surface area (Å²) in [6, 6.07) is 0. The molecule has 0 rings (SSSR count). The van der Waals surface area contributed by atoms with E-state index in [2.05, 4.69) is 13.2 Å². The van der Waals surface area contributed by atoms with E-state index in [1.54, 1.807) is 0 Å². The number of carboxylic acids is 2. The van der Waals surface area contributed by atoms with Crippen molar-refractivity contribution in [2.24, 2.45) is 0 Å². The Hall–Kier alpha value is -1.58. The van der Waals surface area contributed by atoms with Crippen molar-refractivity contribution < 1.29 is 19.8 Å². The quantitative estimate of drug-likeness (QED) is 0.406.